The summed E-state index contributed by atoms with van der Waals surface area (Å²) in [4.78, 5) is 28.4. The van der Waals surface area contributed by atoms with Gasteiger partial charge in [-0.1, -0.05) is 26.0 Å². The monoisotopic (exact) mass is 434 g/mol. The number of rotatable bonds is 9. The van der Waals surface area contributed by atoms with Crippen LogP contribution in [0.3, 0.4) is 0 Å². The quantitative estimate of drug-likeness (QED) is 0.599. The summed E-state index contributed by atoms with van der Waals surface area (Å²) >= 11 is 0. The van der Waals surface area contributed by atoms with E-state index in [1.165, 1.54) is 27.5 Å². The molecule has 8 nitrogen and oxygen atoms in total. The summed E-state index contributed by atoms with van der Waals surface area (Å²) in [5, 5.41) is 0. The van der Waals surface area contributed by atoms with Gasteiger partial charge in [-0.3, -0.25) is 9.59 Å². The molecule has 0 bridgehead atoms. The Morgan fingerprint density at radius 3 is 2.10 bits per heavy atom. The summed E-state index contributed by atoms with van der Waals surface area (Å²) in [6, 6.07) is 10.3. The van der Waals surface area contributed by atoms with Crippen LogP contribution >= 0.6 is 0 Å². The molecule has 0 saturated carbocycles. The van der Waals surface area contributed by atoms with Crippen LogP contribution in [0.4, 0.5) is 5.69 Å². The zero-order valence-corrected chi connectivity index (χ0v) is 19.0. The molecular weight excluding hydrogens is 404 g/mol. The second-order valence-electron chi connectivity index (χ2n) is 7.23. The van der Waals surface area contributed by atoms with Crippen LogP contribution in [0.5, 0.6) is 0 Å². The van der Waals surface area contributed by atoms with Crippen molar-refractivity contribution < 1.29 is 13.2 Å². The van der Waals surface area contributed by atoms with E-state index in [4.69, 9.17) is 0 Å². The van der Waals surface area contributed by atoms with Crippen LogP contribution in [0.1, 0.15) is 19.4 Å². The van der Waals surface area contributed by atoms with Gasteiger partial charge in [0, 0.05) is 58.7 Å². The van der Waals surface area contributed by atoms with Crippen LogP contribution in [0.2, 0.25) is 0 Å². The summed E-state index contributed by atoms with van der Waals surface area (Å²) in [6.45, 7) is 4.31. The number of anilines is 1. The number of carbonyl (C=O) groups is 1. The summed E-state index contributed by atoms with van der Waals surface area (Å²) in [5.41, 5.74) is 1.60. The Balaban J connectivity index is 2.16. The minimum Gasteiger partial charge on any atom is -0.378 e. The summed E-state index contributed by atoms with van der Waals surface area (Å²) in [5.74, 6) is -0.286. The normalized spacial score (nSPS) is 11.5. The Morgan fingerprint density at radius 1 is 0.967 bits per heavy atom. The van der Waals surface area contributed by atoms with Gasteiger partial charge in [-0.25, -0.2) is 8.42 Å². The molecule has 0 saturated heterocycles. The molecular formula is C21H30N4O4S. The van der Waals surface area contributed by atoms with Crippen molar-refractivity contribution in [1.29, 1.82) is 0 Å². The first-order valence-corrected chi connectivity index (χ1v) is 11.2. The van der Waals surface area contributed by atoms with Gasteiger partial charge >= 0.3 is 0 Å². The molecule has 0 N–H and O–H groups in total. The van der Waals surface area contributed by atoms with Gasteiger partial charge in [-0.15, -0.1) is 0 Å². The SMILES string of the molecule is CCN(CC)S(=O)(=O)c1ccc(=O)n(CC(=O)N(C)Cc2ccc(N(C)C)cc2)c1. The molecule has 0 atom stereocenters. The van der Waals surface area contributed by atoms with Crippen molar-refractivity contribution >= 4 is 21.6 Å². The number of pyridine rings is 1. The summed E-state index contributed by atoms with van der Waals surface area (Å²) < 4.78 is 27.9. The molecule has 164 valence electrons. The second kappa shape index (κ2) is 9.90. The fourth-order valence-electron chi connectivity index (χ4n) is 3.03. The second-order valence-corrected chi connectivity index (χ2v) is 9.17. The maximum Gasteiger partial charge on any atom is 0.251 e. The lowest BCUT2D eigenvalue weighted by Gasteiger charge is -2.20. The van der Waals surface area contributed by atoms with E-state index in [-0.39, 0.29) is 17.3 Å². The number of hydrogen-bond donors (Lipinski definition) is 0. The highest BCUT2D eigenvalue weighted by Crippen LogP contribution is 2.15. The molecule has 0 unspecified atom stereocenters. The lowest BCUT2D eigenvalue weighted by molar-refractivity contribution is -0.131. The van der Waals surface area contributed by atoms with Gasteiger partial charge < -0.3 is 14.4 Å². The zero-order chi connectivity index (χ0) is 22.5. The van der Waals surface area contributed by atoms with E-state index >= 15 is 0 Å². The molecule has 1 aromatic heterocycles. The average molecular weight is 435 g/mol. The zero-order valence-electron chi connectivity index (χ0n) is 18.2. The average Bonchev–Trinajstić information content (AvgIpc) is 2.70. The number of sulfonamides is 1. The van der Waals surface area contributed by atoms with Crippen molar-refractivity contribution in [1.82, 2.24) is 13.8 Å². The van der Waals surface area contributed by atoms with Crippen LogP contribution in [0, 0.1) is 0 Å². The van der Waals surface area contributed by atoms with E-state index in [0.717, 1.165) is 15.8 Å². The van der Waals surface area contributed by atoms with Crippen molar-refractivity contribution in [2.24, 2.45) is 0 Å². The lowest BCUT2D eigenvalue weighted by Crippen LogP contribution is -2.35. The van der Waals surface area contributed by atoms with Crippen molar-refractivity contribution in [3.63, 3.8) is 0 Å². The number of likely N-dealkylation sites (N-methyl/N-ethyl adjacent to an activating group) is 1. The smallest absolute Gasteiger partial charge is 0.251 e. The van der Waals surface area contributed by atoms with E-state index in [1.807, 2.05) is 43.3 Å². The van der Waals surface area contributed by atoms with Crippen LogP contribution in [-0.4, -0.2) is 62.3 Å². The van der Waals surface area contributed by atoms with Crippen LogP contribution in [-0.2, 0) is 27.9 Å². The highest BCUT2D eigenvalue weighted by Gasteiger charge is 2.23. The minimum absolute atomic E-state index is 0.000488. The van der Waals surface area contributed by atoms with Crippen LogP contribution < -0.4 is 10.5 Å². The third-order valence-electron chi connectivity index (χ3n) is 4.90. The molecule has 2 aromatic rings. The van der Waals surface area contributed by atoms with E-state index in [2.05, 4.69) is 0 Å². The first-order chi connectivity index (χ1) is 14.1. The Morgan fingerprint density at radius 2 is 1.57 bits per heavy atom. The molecule has 0 radical (unpaired) electrons. The molecule has 1 aromatic carbocycles. The van der Waals surface area contributed by atoms with E-state index in [0.29, 0.717) is 19.6 Å². The van der Waals surface area contributed by atoms with Crippen molar-refractivity contribution in [3.8, 4) is 0 Å². The van der Waals surface area contributed by atoms with Crippen molar-refractivity contribution in [2.75, 3.05) is 39.1 Å². The van der Waals surface area contributed by atoms with Gasteiger partial charge in [0.25, 0.3) is 5.56 Å². The Labute approximate surface area is 178 Å². The first kappa shape index (κ1) is 23.6. The Bertz CT molecular complexity index is 1030. The molecule has 1 amide bonds. The molecule has 9 heteroatoms. The number of amides is 1. The van der Waals surface area contributed by atoms with Gasteiger partial charge in [0.15, 0.2) is 0 Å². The Kier molecular flexibility index (Phi) is 7.80. The predicted molar refractivity (Wildman–Crippen MR) is 118 cm³/mol. The van der Waals surface area contributed by atoms with Crippen molar-refractivity contribution in [2.45, 2.75) is 31.8 Å². The number of hydrogen-bond acceptors (Lipinski definition) is 5. The van der Waals surface area contributed by atoms with Crippen molar-refractivity contribution in [3.05, 3.63) is 58.5 Å². The van der Waals surface area contributed by atoms with Gasteiger partial charge in [0.05, 0.1) is 4.90 Å². The maximum absolute atomic E-state index is 12.7. The maximum atomic E-state index is 12.7. The molecule has 0 spiro atoms. The molecule has 0 fully saturated rings. The molecule has 0 aliphatic heterocycles. The highest BCUT2D eigenvalue weighted by molar-refractivity contribution is 7.89. The van der Waals surface area contributed by atoms with E-state index < -0.39 is 15.6 Å². The number of carbonyl (C=O) groups excluding carboxylic acids is 1. The van der Waals surface area contributed by atoms with E-state index in [1.54, 1.807) is 20.9 Å². The largest absolute Gasteiger partial charge is 0.378 e. The van der Waals surface area contributed by atoms with E-state index in [9.17, 15) is 18.0 Å². The number of nitrogens with zero attached hydrogens (tertiary/aromatic N) is 4. The fraction of sp³-hybridized carbons (Fsp3) is 0.429. The Hall–Kier alpha value is -2.65. The first-order valence-electron chi connectivity index (χ1n) is 9.81. The molecule has 30 heavy (non-hydrogen) atoms. The number of benzene rings is 1. The van der Waals surface area contributed by atoms with Crippen LogP contribution in [0.15, 0.2) is 52.3 Å². The lowest BCUT2D eigenvalue weighted by atomic mass is 10.2. The topological polar surface area (TPSA) is 82.9 Å². The highest BCUT2D eigenvalue weighted by atomic mass is 32.2. The standard InChI is InChI=1S/C21H30N4O4S/c1-6-25(7-2)30(28,29)19-12-13-20(26)24(15-19)16-21(27)23(5)14-17-8-10-18(11-9-17)22(3)4/h8-13,15H,6-7,14,16H2,1-5H3. The summed E-state index contributed by atoms with van der Waals surface area (Å²) in [6.07, 6.45) is 1.24. The predicted octanol–water partition coefficient (Wildman–Crippen LogP) is 1.60. The fourth-order valence-corrected chi connectivity index (χ4v) is 4.50. The van der Waals surface area contributed by atoms with Crippen LogP contribution in [0.25, 0.3) is 0 Å². The minimum atomic E-state index is -3.71. The molecule has 1 heterocycles. The molecule has 0 aliphatic rings. The third kappa shape index (κ3) is 5.48. The third-order valence-corrected chi connectivity index (χ3v) is 6.94. The van der Waals surface area contributed by atoms with Gasteiger partial charge in [-0.05, 0) is 23.8 Å². The van der Waals surface area contributed by atoms with Gasteiger partial charge in [-0.2, -0.15) is 4.31 Å². The van der Waals surface area contributed by atoms with Gasteiger partial charge in [0.1, 0.15) is 6.54 Å². The summed E-state index contributed by atoms with van der Waals surface area (Å²) in [7, 11) is 1.86. The number of aromatic nitrogens is 1. The molecule has 2 rings (SSSR count). The van der Waals surface area contributed by atoms with Gasteiger partial charge in [0.2, 0.25) is 15.9 Å². The molecule has 0 aliphatic carbocycles.